The van der Waals surface area contributed by atoms with E-state index in [1.807, 2.05) is 60.7 Å². The van der Waals surface area contributed by atoms with Crippen molar-refractivity contribution in [1.29, 1.82) is 0 Å². The highest BCUT2D eigenvalue weighted by Crippen LogP contribution is 2.15. The van der Waals surface area contributed by atoms with Gasteiger partial charge in [-0.25, -0.2) is 0 Å². The third-order valence-corrected chi connectivity index (χ3v) is 5.65. The van der Waals surface area contributed by atoms with E-state index in [0.717, 1.165) is 11.1 Å². The highest BCUT2D eigenvalue weighted by Gasteiger charge is 2.21. The molecule has 7 nitrogen and oxygen atoms in total. The summed E-state index contributed by atoms with van der Waals surface area (Å²) in [5.41, 5.74) is 3.51. The fourth-order valence-electron chi connectivity index (χ4n) is 3.83. The molecule has 2 amide bonds. The maximum atomic E-state index is 13.0. The summed E-state index contributed by atoms with van der Waals surface area (Å²) in [5.74, 6) is -0.811. The molecule has 3 aromatic rings. The fraction of sp³-hybridized carbons (Fsp3) is 0.296. The molecule has 0 fully saturated rings. The van der Waals surface area contributed by atoms with E-state index in [1.165, 1.54) is 6.07 Å². The van der Waals surface area contributed by atoms with Crippen LogP contribution in [0.1, 0.15) is 43.2 Å². The Morgan fingerprint density at radius 3 is 1.47 bits per heavy atom. The summed E-state index contributed by atoms with van der Waals surface area (Å²) in [6.45, 7) is 2.98. The highest BCUT2D eigenvalue weighted by molar-refractivity contribution is 6.01. The number of carbonyl (C=O) groups excluding carboxylic acids is 2. The van der Waals surface area contributed by atoms with Gasteiger partial charge in [-0.15, -0.1) is 0 Å². The second-order valence-electron chi connectivity index (χ2n) is 8.34. The van der Waals surface area contributed by atoms with Gasteiger partial charge in [0.25, 0.3) is 11.8 Å². The lowest BCUT2D eigenvalue weighted by Gasteiger charge is -2.19. The van der Waals surface area contributed by atoms with Gasteiger partial charge in [-0.1, -0.05) is 60.7 Å². The lowest BCUT2D eigenvalue weighted by Crippen LogP contribution is -2.41. The highest BCUT2D eigenvalue weighted by atomic mass is 16.3. The molecule has 0 spiro atoms. The van der Waals surface area contributed by atoms with Crippen molar-refractivity contribution in [2.24, 2.45) is 0 Å². The molecule has 0 aliphatic carbocycles. The number of hydrogen-bond donors (Lipinski definition) is 4. The molecule has 0 saturated heterocycles. The number of nitrogens with one attached hydrogen (secondary N) is 2. The van der Waals surface area contributed by atoms with Gasteiger partial charge in [0, 0.05) is 0 Å². The number of amides is 2. The molecular weight excluding hydrogens is 430 g/mol. The molecule has 4 N–H and O–H groups in total. The van der Waals surface area contributed by atoms with Gasteiger partial charge in [-0.3, -0.25) is 14.6 Å². The number of rotatable bonds is 10. The van der Waals surface area contributed by atoms with E-state index in [0.29, 0.717) is 24.2 Å². The number of carbonyl (C=O) groups is 2. The van der Waals surface area contributed by atoms with E-state index >= 15 is 0 Å². The van der Waals surface area contributed by atoms with Gasteiger partial charge in [-0.2, -0.15) is 0 Å². The summed E-state index contributed by atoms with van der Waals surface area (Å²) < 4.78 is 0. The minimum absolute atomic E-state index is 0.218. The molecule has 0 saturated carbocycles. The molecular formula is C27H31N3O4. The summed E-state index contributed by atoms with van der Waals surface area (Å²) in [6, 6.07) is 19.7. The van der Waals surface area contributed by atoms with Crippen LogP contribution in [0.25, 0.3) is 0 Å². The van der Waals surface area contributed by atoms with Gasteiger partial charge in [0.05, 0.1) is 47.8 Å². The van der Waals surface area contributed by atoms with Gasteiger partial charge < -0.3 is 20.8 Å². The Kier molecular flexibility index (Phi) is 8.90. The standard InChI is InChI=1S/C27H31N3O4/c1-18-24(26(33)29-22(16-31)13-20-9-5-3-6-10-20)15-25(19(2)28-18)27(34)30-23(17-32)14-21-11-7-4-8-12-21/h3-12,15,22-23,31-32H,13-14,16-17H2,1-2H3,(H,29,33)(H,30,34)/t22-,23-/m0/s1. The van der Waals surface area contributed by atoms with Crippen LogP contribution in [-0.2, 0) is 12.8 Å². The second kappa shape index (κ2) is 12.1. The van der Waals surface area contributed by atoms with Crippen molar-refractivity contribution >= 4 is 11.8 Å². The zero-order chi connectivity index (χ0) is 24.5. The molecule has 7 heteroatoms. The van der Waals surface area contributed by atoms with Crippen LogP contribution in [0.3, 0.4) is 0 Å². The number of aryl methyl sites for hydroxylation is 2. The van der Waals surface area contributed by atoms with Gasteiger partial charge in [0.1, 0.15) is 0 Å². The number of hydrogen-bond acceptors (Lipinski definition) is 5. The second-order valence-corrected chi connectivity index (χ2v) is 8.34. The topological polar surface area (TPSA) is 112 Å². The molecule has 0 radical (unpaired) electrons. The Morgan fingerprint density at radius 1 is 0.735 bits per heavy atom. The van der Waals surface area contributed by atoms with Crippen molar-refractivity contribution in [3.8, 4) is 0 Å². The van der Waals surface area contributed by atoms with Crippen molar-refractivity contribution in [3.63, 3.8) is 0 Å². The van der Waals surface area contributed by atoms with E-state index in [1.54, 1.807) is 13.8 Å². The number of aliphatic hydroxyl groups is 2. The molecule has 3 rings (SSSR count). The van der Waals surface area contributed by atoms with E-state index in [9.17, 15) is 19.8 Å². The predicted octanol–water partition coefficient (Wildman–Crippen LogP) is 2.37. The van der Waals surface area contributed by atoms with Crippen LogP contribution in [-0.4, -0.2) is 52.3 Å². The van der Waals surface area contributed by atoms with E-state index in [2.05, 4.69) is 15.6 Å². The minimum atomic E-state index is -0.475. The number of aromatic nitrogens is 1. The van der Waals surface area contributed by atoms with Crippen molar-refractivity contribution in [3.05, 3.63) is 100 Å². The fourth-order valence-corrected chi connectivity index (χ4v) is 3.83. The van der Waals surface area contributed by atoms with Crippen LogP contribution in [0.2, 0.25) is 0 Å². The molecule has 2 aromatic carbocycles. The number of pyridine rings is 1. The smallest absolute Gasteiger partial charge is 0.253 e. The third kappa shape index (κ3) is 6.73. The van der Waals surface area contributed by atoms with Crippen LogP contribution in [0.15, 0.2) is 66.7 Å². The van der Waals surface area contributed by atoms with Crippen molar-refractivity contribution in [1.82, 2.24) is 15.6 Å². The average molecular weight is 462 g/mol. The predicted molar refractivity (Wildman–Crippen MR) is 131 cm³/mol. The Balaban J connectivity index is 1.73. The van der Waals surface area contributed by atoms with Gasteiger partial charge in [0.2, 0.25) is 0 Å². The summed E-state index contributed by atoms with van der Waals surface area (Å²) in [4.78, 5) is 30.4. The first-order valence-electron chi connectivity index (χ1n) is 11.3. The first-order valence-corrected chi connectivity index (χ1v) is 11.3. The minimum Gasteiger partial charge on any atom is -0.394 e. The Morgan fingerprint density at radius 2 is 1.12 bits per heavy atom. The zero-order valence-electron chi connectivity index (χ0n) is 19.5. The third-order valence-electron chi connectivity index (χ3n) is 5.65. The number of benzene rings is 2. The molecule has 178 valence electrons. The largest absolute Gasteiger partial charge is 0.394 e. The van der Waals surface area contributed by atoms with Crippen LogP contribution in [0.4, 0.5) is 0 Å². The first-order chi connectivity index (χ1) is 16.4. The average Bonchev–Trinajstić information content (AvgIpc) is 2.84. The number of aliphatic hydroxyl groups excluding tert-OH is 2. The molecule has 34 heavy (non-hydrogen) atoms. The number of nitrogens with zero attached hydrogens (tertiary/aromatic N) is 1. The lowest BCUT2D eigenvalue weighted by molar-refractivity contribution is 0.0914. The Hall–Kier alpha value is -3.55. The zero-order valence-corrected chi connectivity index (χ0v) is 19.5. The maximum Gasteiger partial charge on any atom is 0.253 e. The molecule has 2 atom stereocenters. The SMILES string of the molecule is Cc1nc(C)c(C(=O)N[C@H](CO)Cc2ccccc2)cc1C(=O)N[C@H](CO)Cc1ccccc1. The van der Waals surface area contributed by atoms with E-state index in [-0.39, 0.29) is 24.3 Å². The summed E-state index contributed by atoms with van der Waals surface area (Å²) in [7, 11) is 0. The van der Waals surface area contributed by atoms with Gasteiger partial charge in [0.15, 0.2) is 0 Å². The summed E-state index contributed by atoms with van der Waals surface area (Å²) in [6.07, 6.45) is 0.957. The summed E-state index contributed by atoms with van der Waals surface area (Å²) in [5, 5.41) is 25.2. The molecule has 1 aromatic heterocycles. The van der Waals surface area contributed by atoms with Crippen LogP contribution in [0.5, 0.6) is 0 Å². The molecule has 0 aliphatic heterocycles. The van der Waals surface area contributed by atoms with Crippen molar-refractivity contribution in [2.45, 2.75) is 38.8 Å². The monoisotopic (exact) mass is 461 g/mol. The molecule has 1 heterocycles. The van der Waals surface area contributed by atoms with Crippen molar-refractivity contribution in [2.75, 3.05) is 13.2 Å². The molecule has 0 aliphatic rings. The van der Waals surface area contributed by atoms with Crippen molar-refractivity contribution < 1.29 is 19.8 Å². The Labute approximate surface area is 199 Å². The lowest BCUT2D eigenvalue weighted by atomic mass is 10.0. The van der Waals surface area contributed by atoms with Crippen LogP contribution in [0, 0.1) is 13.8 Å². The van der Waals surface area contributed by atoms with Gasteiger partial charge >= 0.3 is 0 Å². The maximum absolute atomic E-state index is 13.0. The summed E-state index contributed by atoms with van der Waals surface area (Å²) >= 11 is 0. The molecule has 0 bridgehead atoms. The first kappa shape index (κ1) is 25.1. The quantitative estimate of drug-likeness (QED) is 0.370. The van der Waals surface area contributed by atoms with E-state index < -0.39 is 23.9 Å². The van der Waals surface area contributed by atoms with Crippen LogP contribution < -0.4 is 10.6 Å². The van der Waals surface area contributed by atoms with Gasteiger partial charge in [-0.05, 0) is 43.9 Å². The van der Waals surface area contributed by atoms with Crippen LogP contribution >= 0.6 is 0 Å². The van der Waals surface area contributed by atoms with E-state index in [4.69, 9.17) is 0 Å². The normalized spacial score (nSPS) is 12.6. The Bertz CT molecular complexity index is 1020. The molecule has 0 unspecified atom stereocenters.